The summed E-state index contributed by atoms with van der Waals surface area (Å²) in [4.78, 5) is 25.6. The molecule has 1 fully saturated rings. The van der Waals surface area contributed by atoms with Crippen molar-refractivity contribution in [3.63, 3.8) is 0 Å². The van der Waals surface area contributed by atoms with Crippen molar-refractivity contribution in [1.82, 2.24) is 4.90 Å². The normalized spacial score (nSPS) is 20.8. The molecule has 1 amide bonds. The van der Waals surface area contributed by atoms with Crippen molar-refractivity contribution in [2.45, 2.75) is 52.2 Å². The molecule has 1 atom stereocenters. The van der Waals surface area contributed by atoms with Crippen molar-refractivity contribution in [3.8, 4) is 6.07 Å². The van der Waals surface area contributed by atoms with Gasteiger partial charge >= 0.3 is 12.1 Å². The van der Waals surface area contributed by atoms with Gasteiger partial charge in [-0.15, -0.1) is 0 Å². The predicted molar refractivity (Wildman–Crippen MR) is 76.3 cm³/mol. The molecule has 1 aliphatic heterocycles. The number of rotatable bonds is 2. The summed E-state index contributed by atoms with van der Waals surface area (Å²) in [5, 5.41) is 8.73. The van der Waals surface area contributed by atoms with Gasteiger partial charge in [-0.05, 0) is 34.1 Å². The molecule has 0 saturated carbocycles. The Hall–Kier alpha value is -2.03. The van der Waals surface area contributed by atoms with Crippen LogP contribution in [-0.4, -0.2) is 41.8 Å². The van der Waals surface area contributed by atoms with E-state index in [0.717, 1.165) is 5.57 Å². The van der Waals surface area contributed by atoms with Gasteiger partial charge in [0.25, 0.3) is 0 Å². The Labute approximate surface area is 125 Å². The minimum atomic E-state index is -0.729. The zero-order valence-corrected chi connectivity index (χ0v) is 13.0. The summed E-state index contributed by atoms with van der Waals surface area (Å²) >= 11 is 0. The Bertz CT molecular complexity index is 471. The summed E-state index contributed by atoms with van der Waals surface area (Å²) in [5.74, 6) is -0.466. The number of esters is 1. The molecule has 21 heavy (non-hydrogen) atoms. The number of allylic oxidation sites excluding steroid dienone is 1. The summed E-state index contributed by atoms with van der Waals surface area (Å²) < 4.78 is 10.3. The maximum absolute atomic E-state index is 12.2. The number of amides is 1. The van der Waals surface area contributed by atoms with Gasteiger partial charge in [-0.25, -0.2) is 9.59 Å². The van der Waals surface area contributed by atoms with Gasteiger partial charge in [0.05, 0.1) is 12.7 Å². The van der Waals surface area contributed by atoms with E-state index >= 15 is 0 Å². The van der Waals surface area contributed by atoms with Crippen molar-refractivity contribution in [3.05, 3.63) is 11.6 Å². The minimum absolute atomic E-state index is 0.245. The van der Waals surface area contributed by atoms with Gasteiger partial charge in [-0.2, -0.15) is 5.26 Å². The van der Waals surface area contributed by atoms with Crippen molar-refractivity contribution in [2.24, 2.45) is 0 Å². The molecule has 0 radical (unpaired) electrons. The fraction of sp³-hybridized carbons (Fsp3) is 0.667. The van der Waals surface area contributed by atoms with Gasteiger partial charge < -0.3 is 9.47 Å². The highest BCUT2D eigenvalue weighted by Gasteiger charge is 2.37. The largest absolute Gasteiger partial charge is 0.464 e. The molecule has 0 aromatic heterocycles. The maximum Gasteiger partial charge on any atom is 0.411 e. The number of nitriles is 1. The standard InChI is InChI=1S/C15H22N2O4/c1-5-20-13(18)12-10-11(6-8-16)7-9-17(12)14(19)21-15(2,3)4/h6,12H,5,7,9-10H2,1-4H3/b11-6-. The third-order valence-corrected chi connectivity index (χ3v) is 2.96. The number of hydrogen-bond acceptors (Lipinski definition) is 5. The molecule has 116 valence electrons. The molecule has 0 bridgehead atoms. The van der Waals surface area contributed by atoms with Gasteiger partial charge in [0.15, 0.2) is 0 Å². The van der Waals surface area contributed by atoms with Gasteiger partial charge in [0.1, 0.15) is 11.6 Å². The lowest BCUT2D eigenvalue weighted by atomic mass is 9.96. The second-order valence-corrected chi connectivity index (χ2v) is 5.83. The van der Waals surface area contributed by atoms with Gasteiger partial charge in [-0.3, -0.25) is 4.90 Å². The molecule has 6 heteroatoms. The number of carbonyl (C=O) groups is 2. The van der Waals surface area contributed by atoms with Crippen LogP contribution in [-0.2, 0) is 14.3 Å². The SMILES string of the molecule is CCOC(=O)C1C/C(=C\C#N)CCN1C(=O)OC(C)(C)C. The summed E-state index contributed by atoms with van der Waals surface area (Å²) in [5.41, 5.74) is 0.217. The number of carbonyl (C=O) groups excluding carboxylic acids is 2. The Morgan fingerprint density at radius 2 is 2.14 bits per heavy atom. The van der Waals surface area contributed by atoms with Crippen LogP contribution in [0.3, 0.4) is 0 Å². The quantitative estimate of drug-likeness (QED) is 0.577. The Balaban J connectivity index is 2.90. The van der Waals surface area contributed by atoms with E-state index in [-0.39, 0.29) is 6.61 Å². The van der Waals surface area contributed by atoms with Crippen LogP contribution in [0.2, 0.25) is 0 Å². The molecule has 1 aliphatic rings. The average Bonchev–Trinajstić information content (AvgIpc) is 2.37. The van der Waals surface area contributed by atoms with Crippen molar-refractivity contribution >= 4 is 12.1 Å². The third-order valence-electron chi connectivity index (χ3n) is 2.96. The fourth-order valence-corrected chi connectivity index (χ4v) is 2.09. The number of ether oxygens (including phenoxy) is 2. The minimum Gasteiger partial charge on any atom is -0.464 e. The third kappa shape index (κ3) is 5.10. The van der Waals surface area contributed by atoms with Crippen LogP contribution < -0.4 is 0 Å². The molecule has 0 aromatic rings. The van der Waals surface area contributed by atoms with Crippen LogP contribution >= 0.6 is 0 Å². The highest BCUT2D eigenvalue weighted by Crippen LogP contribution is 2.25. The van der Waals surface area contributed by atoms with Crippen LogP contribution in [0.5, 0.6) is 0 Å². The summed E-state index contributed by atoms with van der Waals surface area (Å²) in [7, 11) is 0. The molecule has 1 heterocycles. The topological polar surface area (TPSA) is 79.6 Å². The maximum atomic E-state index is 12.2. The van der Waals surface area contributed by atoms with Crippen molar-refractivity contribution < 1.29 is 19.1 Å². The fourth-order valence-electron chi connectivity index (χ4n) is 2.09. The van der Waals surface area contributed by atoms with E-state index in [0.29, 0.717) is 19.4 Å². The molecule has 0 aromatic carbocycles. The monoisotopic (exact) mass is 294 g/mol. The average molecular weight is 294 g/mol. The van der Waals surface area contributed by atoms with Crippen LogP contribution in [0.4, 0.5) is 4.79 Å². The lowest BCUT2D eigenvalue weighted by molar-refractivity contribution is -0.149. The lowest BCUT2D eigenvalue weighted by Gasteiger charge is -2.36. The Morgan fingerprint density at radius 3 is 2.67 bits per heavy atom. The number of piperidine rings is 1. The van der Waals surface area contributed by atoms with Gasteiger partial charge in [0, 0.05) is 19.0 Å². The number of nitrogens with zero attached hydrogens (tertiary/aromatic N) is 2. The van der Waals surface area contributed by atoms with Crippen LogP contribution in [0.15, 0.2) is 11.6 Å². The molecule has 1 rings (SSSR count). The molecule has 1 unspecified atom stereocenters. The van der Waals surface area contributed by atoms with E-state index in [1.54, 1.807) is 27.7 Å². The number of hydrogen-bond donors (Lipinski definition) is 0. The highest BCUT2D eigenvalue weighted by molar-refractivity contribution is 5.82. The second-order valence-electron chi connectivity index (χ2n) is 5.83. The first-order valence-electron chi connectivity index (χ1n) is 7.02. The first-order chi connectivity index (χ1) is 9.78. The molecular weight excluding hydrogens is 272 g/mol. The second kappa shape index (κ2) is 7.11. The van der Waals surface area contributed by atoms with E-state index in [1.165, 1.54) is 11.0 Å². The number of likely N-dealkylation sites (tertiary alicyclic amines) is 1. The van der Waals surface area contributed by atoms with E-state index in [4.69, 9.17) is 14.7 Å². The first kappa shape index (κ1) is 17.0. The lowest BCUT2D eigenvalue weighted by Crippen LogP contribution is -2.50. The zero-order valence-electron chi connectivity index (χ0n) is 13.0. The molecule has 0 N–H and O–H groups in total. The summed E-state index contributed by atoms with van der Waals surface area (Å²) in [6, 6.07) is 1.23. The summed E-state index contributed by atoms with van der Waals surface area (Å²) in [6.07, 6.45) is 1.77. The smallest absolute Gasteiger partial charge is 0.411 e. The molecule has 0 aliphatic carbocycles. The van der Waals surface area contributed by atoms with E-state index in [9.17, 15) is 9.59 Å². The van der Waals surface area contributed by atoms with E-state index in [1.807, 2.05) is 6.07 Å². The predicted octanol–water partition coefficient (Wildman–Crippen LogP) is 2.40. The molecular formula is C15H22N2O4. The van der Waals surface area contributed by atoms with Crippen LogP contribution in [0.25, 0.3) is 0 Å². The Morgan fingerprint density at radius 1 is 1.48 bits per heavy atom. The highest BCUT2D eigenvalue weighted by atomic mass is 16.6. The molecule has 6 nitrogen and oxygen atoms in total. The van der Waals surface area contributed by atoms with E-state index in [2.05, 4.69) is 0 Å². The van der Waals surface area contributed by atoms with Gasteiger partial charge in [-0.1, -0.05) is 5.57 Å². The molecule has 0 spiro atoms. The van der Waals surface area contributed by atoms with Crippen LogP contribution in [0, 0.1) is 11.3 Å². The Kier molecular flexibility index (Phi) is 5.77. The van der Waals surface area contributed by atoms with Gasteiger partial charge in [0.2, 0.25) is 0 Å². The summed E-state index contributed by atoms with van der Waals surface area (Å²) in [6.45, 7) is 7.62. The molecule has 1 saturated heterocycles. The van der Waals surface area contributed by atoms with Crippen LogP contribution in [0.1, 0.15) is 40.5 Å². The zero-order chi connectivity index (χ0) is 16.0. The first-order valence-corrected chi connectivity index (χ1v) is 7.02. The van der Waals surface area contributed by atoms with E-state index < -0.39 is 23.7 Å². The van der Waals surface area contributed by atoms with Crippen molar-refractivity contribution in [2.75, 3.05) is 13.2 Å². The van der Waals surface area contributed by atoms with Crippen molar-refractivity contribution in [1.29, 1.82) is 5.26 Å².